The molecule has 0 radical (unpaired) electrons. The van der Waals surface area contributed by atoms with Crippen LogP contribution in [0.4, 0.5) is 5.69 Å². The van der Waals surface area contributed by atoms with Crippen molar-refractivity contribution in [2.45, 2.75) is 46.6 Å². The average molecular weight is 437 g/mol. The summed E-state index contributed by atoms with van der Waals surface area (Å²) in [6.45, 7) is 9.21. The highest BCUT2D eigenvalue weighted by molar-refractivity contribution is 7.11. The SMILES string of the molecule is Cc1nc(-c2ccc3c(c2)N(CCCCOc2ccccc2C)C(=O)C(C)O3)c(C)s1. The largest absolute Gasteiger partial charge is 0.493 e. The summed E-state index contributed by atoms with van der Waals surface area (Å²) in [5.74, 6) is 1.66. The Kier molecular flexibility index (Phi) is 6.28. The predicted octanol–water partition coefficient (Wildman–Crippen LogP) is 5.71. The molecule has 1 amide bonds. The minimum absolute atomic E-state index is 0.00403. The third kappa shape index (κ3) is 4.59. The van der Waals surface area contributed by atoms with Crippen molar-refractivity contribution in [2.75, 3.05) is 18.1 Å². The quantitative estimate of drug-likeness (QED) is 0.445. The number of thiazole rings is 1. The van der Waals surface area contributed by atoms with Gasteiger partial charge in [0.2, 0.25) is 0 Å². The van der Waals surface area contributed by atoms with Crippen LogP contribution in [-0.2, 0) is 4.79 Å². The lowest BCUT2D eigenvalue weighted by atomic mass is 10.1. The molecule has 1 aliphatic heterocycles. The van der Waals surface area contributed by atoms with Gasteiger partial charge in [0.05, 0.1) is 23.0 Å². The summed E-state index contributed by atoms with van der Waals surface area (Å²) in [7, 11) is 0. The fourth-order valence-electron chi connectivity index (χ4n) is 3.85. The van der Waals surface area contributed by atoms with Gasteiger partial charge >= 0.3 is 0 Å². The third-order valence-corrected chi connectivity index (χ3v) is 6.36. The minimum atomic E-state index is -0.482. The maximum absolute atomic E-state index is 12.9. The number of hydrogen-bond donors (Lipinski definition) is 0. The number of aromatic nitrogens is 1. The lowest BCUT2D eigenvalue weighted by Crippen LogP contribution is -2.45. The zero-order valence-electron chi connectivity index (χ0n) is 18.5. The number of para-hydroxylation sites is 1. The summed E-state index contributed by atoms with van der Waals surface area (Å²) in [6.07, 6.45) is 1.24. The highest BCUT2D eigenvalue weighted by atomic mass is 32.1. The molecule has 162 valence electrons. The topological polar surface area (TPSA) is 51.7 Å². The Morgan fingerprint density at radius 3 is 2.68 bits per heavy atom. The zero-order valence-corrected chi connectivity index (χ0v) is 19.3. The summed E-state index contributed by atoms with van der Waals surface area (Å²) < 4.78 is 11.8. The number of ether oxygens (including phenoxy) is 2. The molecule has 4 rings (SSSR count). The van der Waals surface area contributed by atoms with Crippen molar-refractivity contribution in [2.24, 2.45) is 0 Å². The van der Waals surface area contributed by atoms with Gasteiger partial charge in [-0.05, 0) is 70.4 Å². The number of unbranched alkanes of at least 4 members (excludes halogenated alkanes) is 1. The predicted molar refractivity (Wildman–Crippen MR) is 125 cm³/mol. The van der Waals surface area contributed by atoms with Crippen molar-refractivity contribution < 1.29 is 14.3 Å². The molecule has 5 nitrogen and oxygen atoms in total. The van der Waals surface area contributed by atoms with Gasteiger partial charge in [0.15, 0.2) is 6.10 Å². The number of fused-ring (bicyclic) bond motifs is 1. The summed E-state index contributed by atoms with van der Waals surface area (Å²) in [4.78, 5) is 20.6. The van der Waals surface area contributed by atoms with Crippen LogP contribution in [0, 0.1) is 20.8 Å². The number of nitrogens with zero attached hydrogens (tertiary/aromatic N) is 2. The average Bonchev–Trinajstić information content (AvgIpc) is 3.09. The molecule has 0 spiro atoms. The van der Waals surface area contributed by atoms with Crippen molar-refractivity contribution in [3.63, 3.8) is 0 Å². The summed E-state index contributed by atoms with van der Waals surface area (Å²) in [5, 5.41) is 1.04. The summed E-state index contributed by atoms with van der Waals surface area (Å²) >= 11 is 1.68. The van der Waals surface area contributed by atoms with Crippen molar-refractivity contribution in [1.82, 2.24) is 4.98 Å². The van der Waals surface area contributed by atoms with Gasteiger partial charge in [-0.1, -0.05) is 18.2 Å². The van der Waals surface area contributed by atoms with Gasteiger partial charge in [0.1, 0.15) is 11.5 Å². The van der Waals surface area contributed by atoms with E-state index in [2.05, 4.69) is 11.9 Å². The fraction of sp³-hybridized carbons (Fsp3) is 0.360. The molecule has 0 saturated heterocycles. The van der Waals surface area contributed by atoms with E-state index < -0.39 is 6.10 Å². The van der Waals surface area contributed by atoms with Gasteiger partial charge in [0, 0.05) is 17.0 Å². The van der Waals surface area contributed by atoms with Crippen molar-refractivity contribution in [3.05, 3.63) is 57.9 Å². The first kappa shape index (κ1) is 21.4. The Morgan fingerprint density at radius 1 is 1.13 bits per heavy atom. The van der Waals surface area contributed by atoms with Crippen LogP contribution in [0.1, 0.15) is 35.2 Å². The molecule has 3 aromatic rings. The third-order valence-electron chi connectivity index (χ3n) is 5.47. The van der Waals surface area contributed by atoms with E-state index in [0.717, 1.165) is 51.9 Å². The van der Waals surface area contributed by atoms with Gasteiger partial charge in [-0.25, -0.2) is 4.98 Å². The lowest BCUT2D eigenvalue weighted by molar-refractivity contribution is -0.125. The molecule has 1 aromatic heterocycles. The number of aryl methyl sites for hydroxylation is 3. The van der Waals surface area contributed by atoms with Crippen molar-refractivity contribution >= 4 is 22.9 Å². The van der Waals surface area contributed by atoms with Crippen LogP contribution in [0.3, 0.4) is 0 Å². The molecule has 1 unspecified atom stereocenters. The molecular formula is C25H28N2O3S. The Bertz CT molecular complexity index is 1090. The number of carbonyl (C=O) groups is 1. The Labute approximate surface area is 187 Å². The number of carbonyl (C=O) groups excluding carboxylic acids is 1. The smallest absolute Gasteiger partial charge is 0.267 e. The minimum Gasteiger partial charge on any atom is -0.493 e. The zero-order chi connectivity index (χ0) is 22.0. The van der Waals surface area contributed by atoms with Gasteiger partial charge in [-0.15, -0.1) is 11.3 Å². The van der Waals surface area contributed by atoms with E-state index >= 15 is 0 Å². The molecule has 0 bridgehead atoms. The van der Waals surface area contributed by atoms with Crippen LogP contribution in [-0.4, -0.2) is 30.1 Å². The Hall–Kier alpha value is -2.86. The van der Waals surface area contributed by atoms with Gasteiger partial charge < -0.3 is 14.4 Å². The van der Waals surface area contributed by atoms with E-state index in [1.807, 2.05) is 61.2 Å². The first-order valence-corrected chi connectivity index (χ1v) is 11.5. The van der Waals surface area contributed by atoms with E-state index in [1.165, 1.54) is 4.88 Å². The van der Waals surface area contributed by atoms with Crippen LogP contribution in [0.15, 0.2) is 42.5 Å². The van der Waals surface area contributed by atoms with E-state index in [4.69, 9.17) is 9.47 Å². The summed E-state index contributed by atoms with van der Waals surface area (Å²) in [6, 6.07) is 14.0. The highest BCUT2D eigenvalue weighted by Gasteiger charge is 2.31. The maximum Gasteiger partial charge on any atom is 0.267 e. The second-order valence-corrected chi connectivity index (χ2v) is 9.30. The molecule has 6 heteroatoms. The molecule has 1 aliphatic rings. The first-order chi connectivity index (χ1) is 14.9. The maximum atomic E-state index is 12.9. The number of anilines is 1. The molecule has 31 heavy (non-hydrogen) atoms. The monoisotopic (exact) mass is 436 g/mol. The molecule has 0 saturated carbocycles. The van der Waals surface area contributed by atoms with Crippen molar-refractivity contribution in [3.8, 4) is 22.8 Å². The number of amides is 1. The summed E-state index contributed by atoms with van der Waals surface area (Å²) in [5.41, 5.74) is 3.95. The Balaban J connectivity index is 1.46. The van der Waals surface area contributed by atoms with E-state index in [1.54, 1.807) is 18.3 Å². The van der Waals surface area contributed by atoms with E-state index in [-0.39, 0.29) is 5.91 Å². The second-order valence-electron chi connectivity index (χ2n) is 7.89. The first-order valence-electron chi connectivity index (χ1n) is 10.7. The second kappa shape index (κ2) is 9.10. The lowest BCUT2D eigenvalue weighted by Gasteiger charge is -2.33. The molecular weight excluding hydrogens is 408 g/mol. The van der Waals surface area contributed by atoms with Crippen LogP contribution in [0.25, 0.3) is 11.3 Å². The van der Waals surface area contributed by atoms with Crippen LogP contribution in [0.2, 0.25) is 0 Å². The van der Waals surface area contributed by atoms with E-state index in [9.17, 15) is 4.79 Å². The molecule has 0 N–H and O–H groups in total. The number of hydrogen-bond acceptors (Lipinski definition) is 5. The molecule has 2 heterocycles. The fourth-order valence-corrected chi connectivity index (χ4v) is 4.69. The normalized spacial score (nSPS) is 15.5. The van der Waals surface area contributed by atoms with Crippen molar-refractivity contribution in [1.29, 1.82) is 0 Å². The van der Waals surface area contributed by atoms with Crippen LogP contribution >= 0.6 is 11.3 Å². The number of rotatable bonds is 7. The highest BCUT2D eigenvalue weighted by Crippen LogP contribution is 2.39. The van der Waals surface area contributed by atoms with E-state index in [0.29, 0.717) is 13.2 Å². The Morgan fingerprint density at radius 2 is 1.94 bits per heavy atom. The molecule has 2 aromatic carbocycles. The molecule has 0 aliphatic carbocycles. The van der Waals surface area contributed by atoms with Crippen LogP contribution < -0.4 is 14.4 Å². The standard InChI is InChI=1S/C25H28N2O3S/c1-16-9-5-6-10-22(16)29-14-8-7-13-27-21-15-20(24-18(3)31-19(4)26-24)11-12-23(21)30-17(2)25(27)28/h5-6,9-12,15,17H,7-8,13-14H2,1-4H3. The molecule has 1 atom stereocenters. The van der Waals surface area contributed by atoms with Crippen LogP contribution in [0.5, 0.6) is 11.5 Å². The van der Waals surface area contributed by atoms with Gasteiger partial charge in [0.25, 0.3) is 5.91 Å². The molecule has 0 fully saturated rings. The van der Waals surface area contributed by atoms with Gasteiger partial charge in [-0.3, -0.25) is 4.79 Å². The van der Waals surface area contributed by atoms with Gasteiger partial charge in [-0.2, -0.15) is 0 Å². The number of benzene rings is 2.